The molecule has 0 saturated carbocycles. The molecule has 3 saturated heterocycles. The summed E-state index contributed by atoms with van der Waals surface area (Å²) in [6, 6.07) is 73.0. The fraction of sp³-hybridized carbons (Fsp3) is 0.294. The fourth-order valence-corrected chi connectivity index (χ4v) is 14.6. The maximum atomic E-state index is 15.9. The average Bonchev–Trinajstić information content (AvgIpc) is 1.43. The Balaban J connectivity index is 1.01. The van der Waals surface area contributed by atoms with E-state index in [0.717, 1.165) is 23.3 Å². The lowest BCUT2D eigenvalue weighted by Crippen LogP contribution is -2.79. The van der Waals surface area contributed by atoms with E-state index in [9.17, 15) is 15.3 Å². The summed E-state index contributed by atoms with van der Waals surface area (Å²) in [6.45, 7) is -2.61. The Morgan fingerprint density at radius 3 is 1.24 bits per heavy atom. The second kappa shape index (κ2) is 33.4. The summed E-state index contributed by atoms with van der Waals surface area (Å²) in [5.74, 6) is -7.43. The van der Waals surface area contributed by atoms with Gasteiger partial charge in [-0.3, -0.25) is 0 Å². The molecule has 540 valence electrons. The minimum atomic E-state index is -2.95. The number of hydrogen-bond donors (Lipinski definition) is 3. The van der Waals surface area contributed by atoms with Crippen molar-refractivity contribution in [2.45, 2.75) is 124 Å². The predicted molar refractivity (Wildman–Crippen MR) is 388 cm³/mol. The van der Waals surface area contributed by atoms with Crippen molar-refractivity contribution in [2.24, 2.45) is 0 Å². The molecule has 12 atom stereocenters. The smallest absolute Gasteiger partial charge is 0.225 e. The molecule has 0 amide bonds. The molecule has 0 radical (unpaired) electrons. The Labute approximate surface area is 622 Å². The van der Waals surface area contributed by atoms with Crippen LogP contribution < -0.4 is 9.47 Å². The Bertz CT molecular complexity index is 4670. The largest absolute Gasteiger partial charge is 0.494 e. The van der Waals surface area contributed by atoms with Gasteiger partial charge in [0.25, 0.3) is 0 Å². The Morgan fingerprint density at radius 1 is 0.442 bits per heavy atom. The van der Waals surface area contributed by atoms with Crippen LogP contribution >= 0.6 is 23.2 Å². The Hall–Kier alpha value is -8.28. The third-order valence-corrected chi connectivity index (χ3v) is 20.2. The highest BCUT2D eigenvalue weighted by molar-refractivity contribution is 6.31. The van der Waals surface area contributed by atoms with Gasteiger partial charge in [0.2, 0.25) is 11.6 Å². The molecule has 3 heterocycles. The second-order valence-corrected chi connectivity index (χ2v) is 26.9. The molecule has 2 bridgehead atoms. The first-order chi connectivity index (χ1) is 53.0. The van der Waals surface area contributed by atoms with Crippen LogP contribution in [0.25, 0.3) is 0 Å². The number of fused-ring (bicyclic) bond motifs is 2. The van der Waals surface area contributed by atoms with Crippen LogP contribution in [-0.2, 0) is 111 Å². The van der Waals surface area contributed by atoms with E-state index in [-0.39, 0.29) is 73.7 Å². The first-order valence-corrected chi connectivity index (χ1v) is 34.8. The molecule has 104 heavy (non-hydrogen) atoms. The van der Waals surface area contributed by atoms with Crippen molar-refractivity contribution >= 4 is 23.2 Å². The van der Waals surface area contributed by atoms with Crippen molar-refractivity contribution in [3.05, 3.63) is 343 Å². The summed E-state index contributed by atoms with van der Waals surface area (Å²) in [5, 5.41) is 42.8. The quantitative estimate of drug-likeness (QED) is 0.0375. The van der Waals surface area contributed by atoms with E-state index in [0.29, 0.717) is 44.5 Å². The molecule has 3 unspecified atom stereocenters. The summed E-state index contributed by atoms with van der Waals surface area (Å²) in [4.78, 5) is 0. The number of aliphatic hydroxyl groups is 3. The summed E-state index contributed by atoms with van der Waals surface area (Å²) >= 11 is 14.3. The predicted octanol–water partition coefficient (Wildman–Crippen LogP) is 14.9. The van der Waals surface area contributed by atoms with E-state index in [2.05, 4.69) is 0 Å². The topological polar surface area (TPSA) is 171 Å². The lowest BCUT2D eigenvalue weighted by atomic mass is 9.71. The van der Waals surface area contributed by atoms with Gasteiger partial charge < -0.3 is 72.2 Å². The highest BCUT2D eigenvalue weighted by Crippen LogP contribution is 2.57. The number of ether oxygens (including phenoxy) is 12. The fourth-order valence-electron chi connectivity index (χ4n) is 14.2. The Morgan fingerprint density at radius 2 is 0.827 bits per heavy atom. The van der Waals surface area contributed by atoms with E-state index < -0.39 is 122 Å². The van der Waals surface area contributed by atoms with E-state index in [1.54, 1.807) is 36.4 Å². The number of rotatable bonds is 31. The number of halogens is 4. The van der Waals surface area contributed by atoms with Crippen LogP contribution in [-0.4, -0.2) is 110 Å². The van der Waals surface area contributed by atoms with Crippen LogP contribution in [0.4, 0.5) is 8.78 Å². The molecule has 3 aliphatic rings. The van der Waals surface area contributed by atoms with Crippen molar-refractivity contribution in [1.82, 2.24) is 0 Å². The van der Waals surface area contributed by atoms with Gasteiger partial charge >= 0.3 is 0 Å². The number of methoxy groups -OCH3 is 3. The molecular weight excluding hydrogens is 1370 g/mol. The third-order valence-electron chi connectivity index (χ3n) is 19.5. The van der Waals surface area contributed by atoms with E-state index in [1.807, 2.05) is 182 Å². The van der Waals surface area contributed by atoms with Gasteiger partial charge in [0.15, 0.2) is 34.3 Å². The minimum absolute atomic E-state index is 0.0390. The molecule has 3 fully saturated rings. The van der Waals surface area contributed by atoms with Gasteiger partial charge in [0.05, 0.1) is 75.2 Å². The van der Waals surface area contributed by atoms with Crippen LogP contribution in [0.2, 0.25) is 10.0 Å². The van der Waals surface area contributed by atoms with Gasteiger partial charge in [-0.2, -0.15) is 0 Å². The third kappa shape index (κ3) is 15.7. The summed E-state index contributed by atoms with van der Waals surface area (Å²) < 4.78 is 161. The number of hydrogen-bond acceptors (Lipinski definition) is 15. The van der Waals surface area contributed by atoms with E-state index in [4.69, 9.17) is 88.3 Å². The van der Waals surface area contributed by atoms with Crippen molar-refractivity contribution in [2.75, 3.05) is 34.4 Å². The van der Waals surface area contributed by atoms with Crippen LogP contribution in [0, 0.1) is 11.6 Å². The average molecular weight is 1460 g/mol. The van der Waals surface area contributed by atoms with Crippen molar-refractivity contribution in [3.63, 3.8) is 0 Å². The van der Waals surface area contributed by atoms with E-state index in [1.165, 1.54) is 31.4 Å². The molecule has 15 nitrogen and oxygen atoms in total. The second-order valence-electron chi connectivity index (χ2n) is 26.1. The van der Waals surface area contributed by atoms with E-state index >= 15 is 8.78 Å². The highest BCUT2D eigenvalue weighted by Gasteiger charge is 2.76. The summed E-state index contributed by atoms with van der Waals surface area (Å²) in [6.07, 6.45) is -13.8. The van der Waals surface area contributed by atoms with Gasteiger partial charge in [-0.05, 0) is 117 Å². The van der Waals surface area contributed by atoms with Gasteiger partial charge in [0.1, 0.15) is 48.8 Å². The first kappa shape index (κ1) is 66.4. The van der Waals surface area contributed by atoms with Crippen molar-refractivity contribution < 1.29 is 89.2 Å². The highest BCUT2D eigenvalue weighted by atomic mass is 35.5. The molecule has 0 aliphatic carbocycles. The van der Waals surface area contributed by atoms with Gasteiger partial charge in [-0.25, -0.2) is 8.78 Å². The Kier molecular flexibility index (Phi) is 21.4. The molecule has 3 N–H and O–H groups in total. The standard InChI is InChI=1S/C85H82Cl2F2O15/c1-93-72-40-34-62(44-70(72)88)42-64-46-66(36-38-68(64)86)84(95-3)80(100-52-60-30-18-8-19-31-60)74(96-48-56-22-10-4-11-23-56)78(98-50-58-26-14-6-15-27-58)82(54-90,103-84)76(91)77(92)83-55-102-85(104-83,67-37-39-69(87)65(47-67)43-63-35-41-73(94-2)71(89)45-63)81(101-53-61-32-20-9-21-33-61)75(97-49-57-24-12-5-13-25-57)79(83)99-51-59-28-16-7-17-29-59/h4-41,44-47,74-81,90-92H,42-43,48-55H2,1-3H3/t74-,75-,76?,77?,78+,79+,80+,81+,82?,83-,84-,85-/m0/s1/i1D3,2D3. The van der Waals surface area contributed by atoms with Gasteiger partial charge in [-0.15, -0.1) is 0 Å². The summed E-state index contributed by atoms with van der Waals surface area (Å²) in [7, 11) is -4.54. The van der Waals surface area contributed by atoms with Crippen LogP contribution in [0.3, 0.4) is 0 Å². The monoisotopic (exact) mass is 1460 g/mol. The normalized spacial score (nSPS) is 25.3. The van der Waals surface area contributed by atoms with Gasteiger partial charge in [-0.1, -0.05) is 229 Å². The molecule has 10 aromatic carbocycles. The SMILES string of the molecule is [2H]C([2H])([2H])Oc1ccc(Cc2cc([C@]34OC[C@@](C(O)C(O)C5(CO)O[C@@](OC)(c6ccc(Cl)c(Cc7ccc(OC([2H])([2H])[2H])c(F)c7)c6)[C@H](OCc6ccccc6)[C@@H](OCc6ccccc6)[C@H]5OCc5ccccc5)(O3)[C@H](OCc3ccccc3)[C@H](OCc3ccccc3)[C@H]4OCc3ccccc3)ccc2Cl)cc1F. The first-order valence-electron chi connectivity index (χ1n) is 37.0. The maximum Gasteiger partial charge on any atom is 0.225 e. The zero-order valence-corrected chi connectivity index (χ0v) is 58.2. The van der Waals surface area contributed by atoms with Gasteiger partial charge in [0, 0.05) is 28.3 Å². The number of aliphatic hydroxyl groups excluding tert-OH is 3. The zero-order chi connectivity index (χ0) is 77.3. The number of benzene rings is 10. The minimum Gasteiger partial charge on any atom is -0.494 e. The lowest BCUT2D eigenvalue weighted by Gasteiger charge is -2.60. The zero-order valence-electron chi connectivity index (χ0n) is 62.7. The maximum absolute atomic E-state index is 15.9. The molecule has 0 aromatic heterocycles. The van der Waals surface area contributed by atoms with Crippen molar-refractivity contribution in [1.29, 1.82) is 0 Å². The molecular formula is C85H82Cl2F2O15. The molecule has 19 heteroatoms. The van der Waals surface area contributed by atoms with Crippen molar-refractivity contribution in [3.8, 4) is 11.5 Å². The lowest BCUT2D eigenvalue weighted by molar-refractivity contribution is -0.434. The molecule has 0 spiro atoms. The molecule has 3 aliphatic heterocycles. The molecule has 10 aromatic rings. The van der Waals surface area contributed by atoms with Crippen LogP contribution in [0.5, 0.6) is 11.5 Å². The molecule has 13 rings (SSSR count). The van der Waals surface area contributed by atoms with Crippen LogP contribution in [0.1, 0.15) is 75.0 Å². The van der Waals surface area contributed by atoms with Crippen LogP contribution in [0.15, 0.2) is 255 Å². The summed E-state index contributed by atoms with van der Waals surface area (Å²) in [5.41, 5.74) is 1.02.